The van der Waals surface area contributed by atoms with E-state index < -0.39 is 35.2 Å². The number of nitrogens with zero attached hydrogens (tertiary/aromatic N) is 1. The van der Waals surface area contributed by atoms with Gasteiger partial charge in [-0.2, -0.15) is 0 Å². The monoisotopic (exact) mass is 402 g/mol. The van der Waals surface area contributed by atoms with Crippen molar-refractivity contribution in [2.45, 2.75) is 32.2 Å². The van der Waals surface area contributed by atoms with Gasteiger partial charge in [0.05, 0.1) is 12.5 Å². The van der Waals surface area contributed by atoms with Crippen molar-refractivity contribution in [3.8, 4) is 0 Å². The van der Waals surface area contributed by atoms with Crippen molar-refractivity contribution < 1.29 is 24.4 Å². The van der Waals surface area contributed by atoms with Gasteiger partial charge in [0.1, 0.15) is 5.54 Å². The number of allylic oxidation sites excluding steroid dienone is 1. The van der Waals surface area contributed by atoms with Gasteiger partial charge in [-0.1, -0.05) is 56.3 Å². The number of amides is 5. The van der Waals surface area contributed by atoms with Gasteiger partial charge in [-0.05, 0) is 24.3 Å². The molecule has 5 amide bonds. The molecule has 0 spiro atoms. The lowest BCUT2D eigenvalue weighted by Crippen LogP contribution is -2.67. The Morgan fingerprint density at radius 3 is 2.45 bits per heavy atom. The van der Waals surface area contributed by atoms with E-state index in [2.05, 4.69) is 5.32 Å². The molecule has 2 atom stereocenters. The Balaban J connectivity index is 2.52. The summed E-state index contributed by atoms with van der Waals surface area (Å²) in [5, 5.41) is 11.7. The number of carbonyl (C=O) groups excluding carboxylic acids is 4. The van der Waals surface area contributed by atoms with Gasteiger partial charge in [0.25, 0.3) is 5.91 Å². The molecule has 0 radical (unpaired) electrons. The predicted octanol–water partition coefficient (Wildman–Crippen LogP) is 1.03. The highest BCUT2D eigenvalue weighted by Gasteiger charge is 2.57. The molecule has 29 heavy (non-hydrogen) atoms. The summed E-state index contributed by atoms with van der Waals surface area (Å²) in [6, 6.07) is 8.46. The van der Waals surface area contributed by atoms with Crippen LogP contribution in [0.25, 0.3) is 6.08 Å². The Kier molecular flexibility index (Phi) is 7.11. The summed E-state index contributed by atoms with van der Waals surface area (Å²) in [6.45, 7) is 3.27. The van der Waals surface area contributed by atoms with Crippen LogP contribution in [0, 0.1) is 11.8 Å². The van der Waals surface area contributed by atoms with Crippen LogP contribution in [0.4, 0.5) is 4.79 Å². The number of hydroxylamine groups is 1. The Labute approximate surface area is 168 Å². The number of benzene rings is 1. The van der Waals surface area contributed by atoms with E-state index in [1.54, 1.807) is 31.5 Å². The first kappa shape index (κ1) is 22.1. The van der Waals surface area contributed by atoms with Crippen molar-refractivity contribution in [2.24, 2.45) is 17.6 Å². The van der Waals surface area contributed by atoms with Crippen molar-refractivity contribution in [2.75, 3.05) is 6.54 Å². The zero-order valence-corrected chi connectivity index (χ0v) is 16.4. The van der Waals surface area contributed by atoms with E-state index >= 15 is 0 Å². The van der Waals surface area contributed by atoms with Gasteiger partial charge in [-0.3, -0.25) is 19.6 Å². The number of urea groups is 1. The van der Waals surface area contributed by atoms with Crippen LogP contribution < -0.4 is 16.5 Å². The van der Waals surface area contributed by atoms with Crippen molar-refractivity contribution in [3.05, 3.63) is 42.0 Å². The molecule has 0 bridgehead atoms. The van der Waals surface area contributed by atoms with Crippen LogP contribution in [0.3, 0.4) is 0 Å². The fraction of sp³-hybridized carbons (Fsp3) is 0.400. The third-order valence-corrected chi connectivity index (χ3v) is 4.87. The Morgan fingerprint density at radius 2 is 1.97 bits per heavy atom. The van der Waals surface area contributed by atoms with Gasteiger partial charge >= 0.3 is 6.03 Å². The highest BCUT2D eigenvalue weighted by molar-refractivity contribution is 6.08. The molecule has 9 heteroatoms. The van der Waals surface area contributed by atoms with Gasteiger partial charge in [-0.25, -0.2) is 15.2 Å². The fourth-order valence-corrected chi connectivity index (χ4v) is 3.72. The summed E-state index contributed by atoms with van der Waals surface area (Å²) in [5.74, 6) is -4.01. The molecule has 0 saturated carbocycles. The number of primary amides is 1. The van der Waals surface area contributed by atoms with E-state index in [1.807, 2.05) is 30.3 Å². The second-order valence-corrected chi connectivity index (χ2v) is 7.35. The lowest BCUT2D eigenvalue weighted by molar-refractivity contribution is -0.152. The number of nitrogens with two attached hydrogens (primary N) is 1. The van der Waals surface area contributed by atoms with E-state index in [1.165, 1.54) is 0 Å². The smallest absolute Gasteiger partial charge is 0.325 e. The normalized spacial score (nSPS) is 17.3. The molecule has 0 aromatic heterocycles. The van der Waals surface area contributed by atoms with E-state index in [9.17, 15) is 24.4 Å². The van der Waals surface area contributed by atoms with Crippen LogP contribution in [0.5, 0.6) is 0 Å². The minimum Gasteiger partial charge on any atom is -0.368 e. The maximum absolute atomic E-state index is 12.7. The van der Waals surface area contributed by atoms with E-state index in [4.69, 9.17) is 5.73 Å². The van der Waals surface area contributed by atoms with Crippen LogP contribution in [0.2, 0.25) is 0 Å². The average Bonchev–Trinajstić information content (AvgIpc) is 3.02. The van der Waals surface area contributed by atoms with Crippen molar-refractivity contribution in [3.63, 3.8) is 0 Å². The molecular formula is C20H26N4O5. The molecule has 1 heterocycles. The second kappa shape index (κ2) is 9.33. The van der Waals surface area contributed by atoms with Crippen LogP contribution in [0.15, 0.2) is 36.4 Å². The minimum atomic E-state index is -1.93. The molecule has 9 nitrogen and oxygen atoms in total. The number of carbonyl (C=O) groups is 4. The van der Waals surface area contributed by atoms with Crippen molar-refractivity contribution >= 4 is 29.8 Å². The fourth-order valence-electron chi connectivity index (χ4n) is 3.72. The first-order valence-electron chi connectivity index (χ1n) is 9.30. The number of nitrogens with one attached hydrogen (secondary N) is 2. The molecule has 0 unspecified atom stereocenters. The predicted molar refractivity (Wildman–Crippen MR) is 105 cm³/mol. The molecule has 156 valence electrons. The lowest BCUT2D eigenvalue weighted by Gasteiger charge is -2.42. The molecule has 1 fully saturated rings. The van der Waals surface area contributed by atoms with Gasteiger partial charge in [-0.15, -0.1) is 0 Å². The summed E-state index contributed by atoms with van der Waals surface area (Å²) in [6.07, 6.45) is 3.32. The number of hydrogen-bond donors (Lipinski definition) is 4. The SMILES string of the molecule is CC(C)C[C@](C(N)=O)([C@H](CC=Cc1ccccc1)C(=O)NO)N1C(=O)CNC1=O. The third-order valence-electron chi connectivity index (χ3n) is 4.87. The van der Waals surface area contributed by atoms with Gasteiger partial charge in [0.15, 0.2) is 0 Å². The summed E-state index contributed by atoms with van der Waals surface area (Å²) in [7, 11) is 0. The maximum atomic E-state index is 12.7. The van der Waals surface area contributed by atoms with Crippen molar-refractivity contribution in [1.82, 2.24) is 15.7 Å². The highest BCUT2D eigenvalue weighted by atomic mass is 16.5. The Bertz CT molecular complexity index is 792. The zero-order chi connectivity index (χ0) is 21.6. The largest absolute Gasteiger partial charge is 0.368 e. The molecule has 1 aliphatic rings. The number of hydrogen-bond acceptors (Lipinski definition) is 5. The Hall–Kier alpha value is -3.20. The Morgan fingerprint density at radius 1 is 1.31 bits per heavy atom. The minimum absolute atomic E-state index is 0.0290. The molecule has 2 rings (SSSR count). The molecule has 1 aliphatic heterocycles. The molecule has 1 aromatic rings. The topological polar surface area (TPSA) is 142 Å². The zero-order valence-electron chi connectivity index (χ0n) is 16.4. The first-order chi connectivity index (χ1) is 13.7. The molecular weight excluding hydrogens is 376 g/mol. The summed E-state index contributed by atoms with van der Waals surface area (Å²) >= 11 is 0. The molecule has 1 aromatic carbocycles. The van der Waals surface area contributed by atoms with E-state index in [0.29, 0.717) is 0 Å². The van der Waals surface area contributed by atoms with E-state index in [-0.39, 0.29) is 25.3 Å². The van der Waals surface area contributed by atoms with Gasteiger partial charge in [0, 0.05) is 0 Å². The first-order valence-corrected chi connectivity index (χ1v) is 9.30. The molecule has 5 N–H and O–H groups in total. The summed E-state index contributed by atoms with van der Waals surface area (Å²) in [4.78, 5) is 50.9. The lowest BCUT2D eigenvalue weighted by atomic mass is 9.73. The van der Waals surface area contributed by atoms with Gasteiger partial charge in [0.2, 0.25) is 11.8 Å². The van der Waals surface area contributed by atoms with Crippen molar-refractivity contribution in [1.29, 1.82) is 0 Å². The summed E-state index contributed by atoms with van der Waals surface area (Å²) < 4.78 is 0. The van der Waals surface area contributed by atoms with Crippen LogP contribution in [-0.2, 0) is 14.4 Å². The molecule has 1 saturated heterocycles. The standard InChI is InChI=1S/C20H26N4O5/c1-13(2)11-20(18(21)27,24-16(25)12-22-19(24)28)15(17(26)23-29)10-6-9-14-7-4-3-5-8-14/h3-9,13,15,29H,10-12H2,1-2H3,(H2,21,27)(H,22,28)(H,23,26)/t15-,20-/m1/s1. The molecule has 0 aliphatic carbocycles. The van der Waals surface area contributed by atoms with E-state index in [0.717, 1.165) is 10.5 Å². The van der Waals surface area contributed by atoms with Gasteiger partial charge < -0.3 is 11.1 Å². The highest BCUT2D eigenvalue weighted by Crippen LogP contribution is 2.36. The number of rotatable bonds is 9. The average molecular weight is 402 g/mol. The van der Waals surface area contributed by atoms with Crippen LogP contribution in [0.1, 0.15) is 32.3 Å². The summed E-state index contributed by atoms with van der Waals surface area (Å²) in [5.41, 5.74) is 6.18. The maximum Gasteiger partial charge on any atom is 0.325 e. The van der Waals surface area contributed by atoms with Crippen LogP contribution >= 0.6 is 0 Å². The second-order valence-electron chi connectivity index (χ2n) is 7.35. The number of imide groups is 1. The quantitative estimate of drug-likeness (QED) is 0.277. The third kappa shape index (κ3) is 4.62. The van der Waals surface area contributed by atoms with Crippen LogP contribution in [-0.4, -0.2) is 45.9 Å².